The largest absolute Gasteiger partial charge is 0.486 e. The molecule has 0 spiro atoms. The molecule has 1 N–H and O–H groups in total. The number of nitrogens with zero attached hydrogens (tertiary/aromatic N) is 2. The fraction of sp³-hybridized carbons (Fsp3) is 0.462. The normalized spacial score (nSPS) is 15.5. The first-order valence-corrected chi connectivity index (χ1v) is 8.39. The lowest BCUT2D eigenvalue weighted by Gasteiger charge is -2.15. The number of carboxylic acids is 1. The average Bonchev–Trinajstić information content (AvgIpc) is 3.01. The fourth-order valence-corrected chi connectivity index (χ4v) is 3.79. The second kappa shape index (κ2) is 6.92. The molecule has 0 bridgehead atoms. The maximum absolute atomic E-state index is 12.4. The second-order valence-electron chi connectivity index (χ2n) is 4.99. The molecule has 0 saturated carbocycles. The topological polar surface area (TPSA) is 127 Å². The Hall–Kier alpha value is -2.20. The minimum atomic E-state index is -3.77. The highest BCUT2D eigenvalue weighted by atomic mass is 32.2. The molecule has 1 aliphatic rings. The van der Waals surface area contributed by atoms with Gasteiger partial charge in [-0.25, -0.2) is 8.42 Å². The van der Waals surface area contributed by atoms with Crippen LogP contribution in [0.4, 0.5) is 5.69 Å². The smallest absolute Gasteiger partial charge is 0.312 e. The molecule has 1 aliphatic heterocycles. The van der Waals surface area contributed by atoms with Crippen LogP contribution in [0.3, 0.4) is 0 Å². The lowest BCUT2D eigenvalue weighted by molar-refractivity contribution is -0.386. The number of benzene rings is 1. The summed E-state index contributed by atoms with van der Waals surface area (Å²) < 4.78 is 31.2. The van der Waals surface area contributed by atoms with Gasteiger partial charge in [0, 0.05) is 19.2 Å². The van der Waals surface area contributed by atoms with E-state index in [1.54, 1.807) is 0 Å². The van der Waals surface area contributed by atoms with Gasteiger partial charge in [-0.3, -0.25) is 14.9 Å². The SMILES string of the molecule is O=C(O)CCOc1ccc(S(=O)(=O)N2CCCC2)cc1[N+](=O)[O-]. The molecule has 1 saturated heterocycles. The molecule has 0 amide bonds. The van der Waals surface area contributed by atoms with Gasteiger partial charge >= 0.3 is 11.7 Å². The van der Waals surface area contributed by atoms with Crippen LogP contribution in [-0.2, 0) is 14.8 Å². The number of sulfonamides is 1. The number of nitro groups is 1. The molecule has 2 rings (SSSR count). The van der Waals surface area contributed by atoms with E-state index in [0.717, 1.165) is 18.9 Å². The summed E-state index contributed by atoms with van der Waals surface area (Å²) in [5.41, 5.74) is -0.504. The third-order valence-corrected chi connectivity index (χ3v) is 5.30. The molecular weight excluding hydrogens is 328 g/mol. The lowest BCUT2D eigenvalue weighted by atomic mass is 10.3. The Morgan fingerprint density at radius 2 is 2.00 bits per heavy atom. The summed E-state index contributed by atoms with van der Waals surface area (Å²) in [5, 5.41) is 19.7. The van der Waals surface area contributed by atoms with Gasteiger partial charge in [0.2, 0.25) is 10.0 Å². The Morgan fingerprint density at radius 3 is 2.57 bits per heavy atom. The Bertz CT molecular complexity index is 711. The number of nitro benzene ring substituents is 1. The van der Waals surface area contributed by atoms with Crippen LogP contribution in [-0.4, -0.2) is 48.4 Å². The third kappa shape index (κ3) is 3.96. The highest BCUT2D eigenvalue weighted by molar-refractivity contribution is 7.89. The van der Waals surface area contributed by atoms with E-state index in [0.29, 0.717) is 13.1 Å². The van der Waals surface area contributed by atoms with Crippen molar-refractivity contribution in [1.82, 2.24) is 4.31 Å². The maximum Gasteiger partial charge on any atom is 0.312 e. The number of aliphatic carboxylic acids is 1. The molecule has 0 atom stereocenters. The molecule has 0 radical (unpaired) electrons. The summed E-state index contributed by atoms with van der Waals surface area (Å²) in [4.78, 5) is 20.6. The van der Waals surface area contributed by atoms with Crippen molar-refractivity contribution in [1.29, 1.82) is 0 Å². The van der Waals surface area contributed by atoms with Crippen molar-refractivity contribution in [3.8, 4) is 5.75 Å². The molecule has 0 aliphatic carbocycles. The zero-order valence-electron chi connectivity index (χ0n) is 12.2. The van der Waals surface area contributed by atoms with Crippen molar-refractivity contribution in [2.75, 3.05) is 19.7 Å². The zero-order valence-corrected chi connectivity index (χ0v) is 13.0. The van der Waals surface area contributed by atoms with E-state index in [1.807, 2.05) is 0 Å². The first-order valence-electron chi connectivity index (χ1n) is 6.95. The predicted octanol–water partition coefficient (Wildman–Crippen LogP) is 1.23. The molecule has 1 aromatic rings. The summed E-state index contributed by atoms with van der Waals surface area (Å²) >= 11 is 0. The fourth-order valence-electron chi connectivity index (χ4n) is 2.25. The van der Waals surface area contributed by atoms with Gasteiger partial charge in [0.1, 0.15) is 0 Å². The molecule has 0 aromatic heterocycles. The Morgan fingerprint density at radius 1 is 1.35 bits per heavy atom. The monoisotopic (exact) mass is 344 g/mol. The van der Waals surface area contributed by atoms with Crippen LogP contribution in [0.25, 0.3) is 0 Å². The number of hydrogen-bond acceptors (Lipinski definition) is 6. The Kier molecular flexibility index (Phi) is 5.16. The van der Waals surface area contributed by atoms with Crippen LogP contribution >= 0.6 is 0 Å². The standard InChI is InChI=1S/C13H16N2O7S/c16-13(17)5-8-22-12-4-3-10(9-11(12)15(18)19)23(20,21)14-6-1-2-7-14/h3-4,9H,1-2,5-8H2,(H,16,17). The molecule has 1 heterocycles. The lowest BCUT2D eigenvalue weighted by Crippen LogP contribution is -2.27. The van der Waals surface area contributed by atoms with Crippen LogP contribution in [0.15, 0.2) is 23.1 Å². The number of carbonyl (C=O) groups is 1. The number of ether oxygens (including phenoxy) is 1. The maximum atomic E-state index is 12.4. The van der Waals surface area contributed by atoms with E-state index in [4.69, 9.17) is 9.84 Å². The first kappa shape index (κ1) is 17.2. The Balaban J connectivity index is 2.28. The van der Waals surface area contributed by atoms with Crippen molar-refractivity contribution in [3.05, 3.63) is 28.3 Å². The van der Waals surface area contributed by atoms with Crippen LogP contribution in [0.5, 0.6) is 5.75 Å². The average molecular weight is 344 g/mol. The van der Waals surface area contributed by atoms with Gasteiger partial charge in [0.05, 0.1) is 22.8 Å². The van der Waals surface area contributed by atoms with E-state index < -0.39 is 26.6 Å². The molecule has 0 unspecified atom stereocenters. The summed E-state index contributed by atoms with van der Waals surface area (Å²) in [7, 11) is -3.77. The molecule has 9 nitrogen and oxygen atoms in total. The van der Waals surface area contributed by atoms with Crippen LogP contribution < -0.4 is 4.74 Å². The summed E-state index contributed by atoms with van der Waals surface area (Å²) in [6, 6.07) is 3.36. The molecule has 1 aromatic carbocycles. The van der Waals surface area contributed by atoms with Gasteiger partial charge in [-0.05, 0) is 25.0 Å². The second-order valence-corrected chi connectivity index (χ2v) is 6.93. The molecular formula is C13H16N2O7S. The van der Waals surface area contributed by atoms with E-state index in [-0.39, 0.29) is 23.7 Å². The van der Waals surface area contributed by atoms with E-state index >= 15 is 0 Å². The minimum absolute atomic E-state index is 0.156. The number of hydrogen-bond donors (Lipinski definition) is 1. The van der Waals surface area contributed by atoms with Crippen LogP contribution in [0.2, 0.25) is 0 Å². The minimum Gasteiger partial charge on any atom is -0.486 e. The summed E-state index contributed by atoms with van der Waals surface area (Å²) in [6.45, 7) is 0.550. The van der Waals surface area contributed by atoms with Crippen LogP contribution in [0.1, 0.15) is 19.3 Å². The molecule has 1 fully saturated rings. The summed E-state index contributed by atoms with van der Waals surface area (Å²) in [5.74, 6) is -1.25. The van der Waals surface area contributed by atoms with Crippen molar-refractivity contribution in [2.45, 2.75) is 24.2 Å². The van der Waals surface area contributed by atoms with E-state index in [2.05, 4.69) is 0 Å². The molecule has 23 heavy (non-hydrogen) atoms. The predicted molar refractivity (Wildman–Crippen MR) is 78.8 cm³/mol. The first-order chi connectivity index (χ1) is 10.8. The van der Waals surface area contributed by atoms with Crippen molar-refractivity contribution >= 4 is 21.7 Å². The molecule has 126 valence electrons. The van der Waals surface area contributed by atoms with Gasteiger partial charge in [-0.15, -0.1) is 0 Å². The zero-order chi connectivity index (χ0) is 17.0. The van der Waals surface area contributed by atoms with Gasteiger partial charge in [-0.2, -0.15) is 4.31 Å². The highest BCUT2D eigenvalue weighted by Crippen LogP contribution is 2.31. The van der Waals surface area contributed by atoms with Gasteiger partial charge in [-0.1, -0.05) is 0 Å². The Labute approximate surface area is 132 Å². The van der Waals surface area contributed by atoms with Crippen LogP contribution in [0, 0.1) is 10.1 Å². The highest BCUT2D eigenvalue weighted by Gasteiger charge is 2.29. The van der Waals surface area contributed by atoms with Gasteiger partial charge < -0.3 is 9.84 Å². The number of carboxylic acid groups (broad SMARTS) is 1. The van der Waals surface area contributed by atoms with Gasteiger partial charge in [0.15, 0.2) is 5.75 Å². The van der Waals surface area contributed by atoms with Gasteiger partial charge in [0.25, 0.3) is 0 Å². The van der Waals surface area contributed by atoms with Crippen molar-refractivity contribution in [2.24, 2.45) is 0 Å². The third-order valence-electron chi connectivity index (χ3n) is 3.40. The molecule has 10 heteroatoms. The van der Waals surface area contributed by atoms with Crippen molar-refractivity contribution in [3.63, 3.8) is 0 Å². The van der Waals surface area contributed by atoms with Crippen molar-refractivity contribution < 1.29 is 28.0 Å². The number of rotatable bonds is 7. The summed E-state index contributed by atoms with van der Waals surface area (Å²) in [6.07, 6.45) is 1.21. The van der Waals surface area contributed by atoms with E-state index in [1.165, 1.54) is 16.4 Å². The van der Waals surface area contributed by atoms with E-state index in [9.17, 15) is 23.3 Å². The quantitative estimate of drug-likeness (QED) is 0.582.